The number of hydrogen-bond donors (Lipinski definition) is 1. The molecule has 1 amide bonds. The van der Waals surface area contributed by atoms with Crippen molar-refractivity contribution in [2.75, 3.05) is 7.11 Å². The summed E-state index contributed by atoms with van der Waals surface area (Å²) < 4.78 is 5.27. The Labute approximate surface area is 131 Å². The quantitative estimate of drug-likeness (QED) is 0.864. The van der Waals surface area contributed by atoms with Gasteiger partial charge in [-0.25, -0.2) is 4.79 Å². The number of methoxy groups -OCH3 is 1. The first-order valence-electron chi connectivity index (χ1n) is 6.32. The van der Waals surface area contributed by atoms with Gasteiger partial charge in [-0.2, -0.15) is 0 Å². The van der Waals surface area contributed by atoms with Gasteiger partial charge in [-0.15, -0.1) is 0 Å². The van der Waals surface area contributed by atoms with Crippen molar-refractivity contribution in [1.82, 2.24) is 5.32 Å². The Kier molecular flexibility index (Phi) is 5.11. The molecule has 0 aromatic heterocycles. The molecule has 0 radical (unpaired) electrons. The highest BCUT2D eigenvalue weighted by Crippen LogP contribution is 2.19. The monoisotopic (exact) mass is 347 g/mol. The summed E-state index contributed by atoms with van der Waals surface area (Å²) in [6, 6.07) is 14.4. The number of carbonyl (C=O) groups excluding carboxylic acids is 2. The molecule has 5 heteroatoms. The summed E-state index contributed by atoms with van der Waals surface area (Å²) in [4.78, 5) is 23.7. The molecular formula is C16H14BrNO3. The van der Waals surface area contributed by atoms with E-state index in [2.05, 4.69) is 26.0 Å². The van der Waals surface area contributed by atoms with Crippen LogP contribution in [0.2, 0.25) is 0 Å². The van der Waals surface area contributed by atoms with Crippen LogP contribution in [0.1, 0.15) is 26.3 Å². The highest BCUT2D eigenvalue weighted by molar-refractivity contribution is 9.10. The second-order valence-electron chi connectivity index (χ2n) is 4.35. The number of carbonyl (C=O) groups is 2. The lowest BCUT2D eigenvalue weighted by Gasteiger charge is -2.08. The molecule has 4 nitrogen and oxygen atoms in total. The Morgan fingerprint density at radius 3 is 2.52 bits per heavy atom. The van der Waals surface area contributed by atoms with Gasteiger partial charge in [0.05, 0.1) is 12.7 Å². The highest BCUT2D eigenvalue weighted by atomic mass is 79.9. The Morgan fingerprint density at radius 2 is 1.86 bits per heavy atom. The molecule has 0 aliphatic carbocycles. The maximum atomic E-state index is 12.1. The summed E-state index contributed by atoms with van der Waals surface area (Å²) in [6.45, 7) is 0.434. The summed E-state index contributed by atoms with van der Waals surface area (Å²) in [5.74, 6) is -0.726. The van der Waals surface area contributed by atoms with E-state index in [9.17, 15) is 9.59 Å². The average Bonchev–Trinajstić information content (AvgIpc) is 2.53. The Bertz CT molecular complexity index is 656. The minimum absolute atomic E-state index is 0.239. The van der Waals surface area contributed by atoms with E-state index in [-0.39, 0.29) is 5.91 Å². The largest absolute Gasteiger partial charge is 0.465 e. The van der Waals surface area contributed by atoms with Crippen LogP contribution in [-0.2, 0) is 11.3 Å². The maximum absolute atomic E-state index is 12.1. The Balaban J connectivity index is 2.11. The number of esters is 1. The van der Waals surface area contributed by atoms with Crippen molar-refractivity contribution >= 4 is 27.8 Å². The highest BCUT2D eigenvalue weighted by Gasteiger charge is 2.14. The molecule has 0 heterocycles. The molecule has 0 bridgehead atoms. The third-order valence-electron chi connectivity index (χ3n) is 2.93. The molecule has 2 aromatic rings. The van der Waals surface area contributed by atoms with E-state index in [4.69, 9.17) is 0 Å². The molecule has 21 heavy (non-hydrogen) atoms. The molecule has 0 saturated heterocycles. The van der Waals surface area contributed by atoms with Crippen molar-refractivity contribution in [3.05, 3.63) is 69.7 Å². The van der Waals surface area contributed by atoms with E-state index in [1.54, 1.807) is 12.1 Å². The lowest BCUT2D eigenvalue weighted by Crippen LogP contribution is -2.23. The van der Waals surface area contributed by atoms with Gasteiger partial charge in [-0.1, -0.05) is 30.3 Å². The van der Waals surface area contributed by atoms with Gasteiger partial charge in [-0.05, 0) is 39.7 Å². The van der Waals surface area contributed by atoms with Crippen LogP contribution < -0.4 is 5.32 Å². The third kappa shape index (κ3) is 3.92. The second-order valence-corrected chi connectivity index (χ2v) is 5.21. The number of rotatable bonds is 4. The van der Waals surface area contributed by atoms with E-state index < -0.39 is 5.97 Å². The summed E-state index contributed by atoms with van der Waals surface area (Å²) in [7, 11) is 1.30. The number of ether oxygens (including phenoxy) is 1. The molecule has 108 valence electrons. The molecule has 0 spiro atoms. The number of halogens is 1. The minimum Gasteiger partial charge on any atom is -0.465 e. The van der Waals surface area contributed by atoms with Crippen molar-refractivity contribution in [3.8, 4) is 0 Å². The molecular weight excluding hydrogens is 334 g/mol. The Morgan fingerprint density at radius 1 is 1.14 bits per heavy atom. The molecule has 0 unspecified atom stereocenters. The zero-order valence-corrected chi connectivity index (χ0v) is 13.0. The van der Waals surface area contributed by atoms with Crippen LogP contribution in [0, 0.1) is 0 Å². The topological polar surface area (TPSA) is 55.4 Å². The molecule has 0 fully saturated rings. The summed E-state index contributed by atoms with van der Waals surface area (Å²) in [6.07, 6.45) is 0. The van der Waals surface area contributed by atoms with Gasteiger partial charge in [0.1, 0.15) is 0 Å². The van der Waals surface area contributed by atoms with Gasteiger partial charge in [0.2, 0.25) is 0 Å². The smallest absolute Gasteiger partial charge is 0.339 e. The van der Waals surface area contributed by atoms with Crippen molar-refractivity contribution in [2.45, 2.75) is 6.54 Å². The fourth-order valence-electron chi connectivity index (χ4n) is 1.81. The van der Waals surface area contributed by atoms with E-state index in [0.29, 0.717) is 22.1 Å². The molecule has 1 N–H and O–H groups in total. The zero-order chi connectivity index (χ0) is 15.2. The van der Waals surface area contributed by atoms with Crippen LogP contribution in [-0.4, -0.2) is 19.0 Å². The van der Waals surface area contributed by atoms with Gasteiger partial charge < -0.3 is 10.1 Å². The predicted molar refractivity (Wildman–Crippen MR) is 83.1 cm³/mol. The first kappa shape index (κ1) is 15.3. The van der Waals surface area contributed by atoms with Gasteiger partial charge in [-0.3, -0.25) is 4.79 Å². The van der Waals surface area contributed by atoms with E-state index in [1.165, 1.54) is 13.2 Å². The molecule has 0 atom stereocenters. The van der Waals surface area contributed by atoms with Crippen LogP contribution in [0.3, 0.4) is 0 Å². The molecule has 2 rings (SSSR count). The Hall–Kier alpha value is -2.14. The molecule has 0 aliphatic heterocycles. The number of nitrogens with one attached hydrogen (secondary N) is 1. The van der Waals surface area contributed by atoms with E-state index in [1.807, 2.05) is 30.3 Å². The SMILES string of the molecule is COC(=O)c1cc(C(=O)NCc2ccccc2)ccc1Br. The first-order valence-corrected chi connectivity index (χ1v) is 7.11. The zero-order valence-electron chi connectivity index (χ0n) is 11.4. The van der Waals surface area contributed by atoms with Gasteiger partial charge >= 0.3 is 5.97 Å². The van der Waals surface area contributed by atoms with Crippen LogP contribution in [0.15, 0.2) is 53.0 Å². The minimum atomic E-state index is -0.486. The maximum Gasteiger partial charge on any atom is 0.339 e. The van der Waals surface area contributed by atoms with Crippen molar-refractivity contribution in [1.29, 1.82) is 0 Å². The number of amides is 1. The average molecular weight is 348 g/mol. The molecule has 2 aromatic carbocycles. The fourth-order valence-corrected chi connectivity index (χ4v) is 2.22. The summed E-state index contributed by atoms with van der Waals surface area (Å²) in [5.41, 5.74) is 1.75. The van der Waals surface area contributed by atoms with Crippen LogP contribution in [0.25, 0.3) is 0 Å². The van der Waals surface area contributed by atoms with Gasteiger partial charge in [0.15, 0.2) is 0 Å². The summed E-state index contributed by atoms with van der Waals surface area (Å²) >= 11 is 3.26. The van der Waals surface area contributed by atoms with Crippen molar-refractivity contribution in [2.24, 2.45) is 0 Å². The third-order valence-corrected chi connectivity index (χ3v) is 3.62. The summed E-state index contributed by atoms with van der Waals surface area (Å²) in [5, 5.41) is 2.81. The fraction of sp³-hybridized carbons (Fsp3) is 0.125. The molecule has 0 aliphatic rings. The van der Waals surface area contributed by atoms with Crippen LogP contribution in [0.4, 0.5) is 0 Å². The van der Waals surface area contributed by atoms with E-state index in [0.717, 1.165) is 5.56 Å². The normalized spacial score (nSPS) is 10.0. The first-order chi connectivity index (χ1) is 10.1. The van der Waals surface area contributed by atoms with Gasteiger partial charge in [0, 0.05) is 16.6 Å². The van der Waals surface area contributed by atoms with Crippen molar-refractivity contribution in [3.63, 3.8) is 0 Å². The second kappa shape index (κ2) is 7.04. The number of hydrogen-bond acceptors (Lipinski definition) is 3. The molecule has 0 saturated carbocycles. The van der Waals surface area contributed by atoms with E-state index >= 15 is 0 Å². The predicted octanol–water partition coefficient (Wildman–Crippen LogP) is 3.17. The van der Waals surface area contributed by atoms with Gasteiger partial charge in [0.25, 0.3) is 5.91 Å². The lowest BCUT2D eigenvalue weighted by atomic mass is 10.1. The van der Waals surface area contributed by atoms with Crippen LogP contribution >= 0.6 is 15.9 Å². The lowest BCUT2D eigenvalue weighted by molar-refractivity contribution is 0.0599. The standard InChI is InChI=1S/C16H14BrNO3/c1-21-16(20)13-9-12(7-8-14(13)17)15(19)18-10-11-5-3-2-4-6-11/h2-9H,10H2,1H3,(H,18,19). The van der Waals surface area contributed by atoms with Crippen molar-refractivity contribution < 1.29 is 14.3 Å². The number of benzene rings is 2. The van der Waals surface area contributed by atoms with Crippen LogP contribution in [0.5, 0.6) is 0 Å².